The molecule has 0 aliphatic carbocycles. The topological polar surface area (TPSA) is 94.8 Å². The van der Waals surface area contributed by atoms with Crippen molar-refractivity contribution in [2.45, 2.75) is 34.1 Å². The Morgan fingerprint density at radius 2 is 1.54 bits per heavy atom. The number of hydrogen-bond donors (Lipinski definition) is 1. The van der Waals surface area contributed by atoms with Crippen molar-refractivity contribution < 1.29 is 43.9 Å². The summed E-state index contributed by atoms with van der Waals surface area (Å²) in [5, 5.41) is 21.6. The maximum absolute atomic E-state index is 11.5. The minimum atomic E-state index is -1.05. The number of carbonyl (C=O) groups is 1. The summed E-state index contributed by atoms with van der Waals surface area (Å²) in [5.41, 5.74) is 6.88. The Labute approximate surface area is 242 Å². The van der Waals surface area contributed by atoms with Crippen molar-refractivity contribution >= 4 is 28.5 Å². The van der Waals surface area contributed by atoms with E-state index in [0.29, 0.717) is 23.2 Å². The monoisotopic (exact) mass is 521 g/mol. The quantitative estimate of drug-likeness (QED) is 0.346. The zero-order chi connectivity index (χ0) is 25.6. The van der Waals surface area contributed by atoms with E-state index in [1.165, 1.54) is 0 Å². The van der Waals surface area contributed by atoms with Gasteiger partial charge in [0, 0.05) is 49.7 Å². The molecule has 0 spiro atoms. The first-order valence-corrected chi connectivity index (χ1v) is 12.0. The van der Waals surface area contributed by atoms with Gasteiger partial charge >= 0.3 is 29.6 Å². The average molecular weight is 522 g/mol. The first-order valence-electron chi connectivity index (χ1n) is 11.7. The molecule has 0 amide bonds. The Balaban J connectivity index is 0.00000320. The predicted molar refractivity (Wildman–Crippen MR) is 139 cm³/mol. The molecular formula is C29H25ClN3NaO3. The second-order valence-electron chi connectivity index (χ2n) is 9.86. The first kappa shape index (κ1) is 27.1. The summed E-state index contributed by atoms with van der Waals surface area (Å²) < 4.78 is 5.92. The SMILES string of the molecule is Cc1cc(CC(C)(C)C(=O)[O-])cc(C)c1-c1cc2ccc(-c3nnc(-c4ccc(Cl)cc4)o3)cc2[nH]1.[Na+]. The molecule has 8 heteroatoms. The Kier molecular flexibility index (Phi) is 7.67. The minimum absolute atomic E-state index is 0. The van der Waals surface area contributed by atoms with Crippen LogP contribution in [0, 0.1) is 19.3 Å². The van der Waals surface area contributed by atoms with Crippen molar-refractivity contribution in [1.82, 2.24) is 15.2 Å². The molecule has 0 aliphatic heterocycles. The number of H-pyrrole nitrogens is 1. The van der Waals surface area contributed by atoms with E-state index in [2.05, 4.69) is 33.4 Å². The van der Waals surface area contributed by atoms with Gasteiger partial charge in [0.25, 0.3) is 0 Å². The molecule has 0 radical (unpaired) electrons. The molecule has 5 rings (SSSR count). The smallest absolute Gasteiger partial charge is 0.550 e. The second kappa shape index (κ2) is 10.5. The molecule has 0 bridgehead atoms. The van der Waals surface area contributed by atoms with E-state index in [1.807, 2.05) is 44.2 Å². The van der Waals surface area contributed by atoms with Gasteiger partial charge in [-0.2, -0.15) is 0 Å². The molecule has 0 saturated carbocycles. The van der Waals surface area contributed by atoms with Crippen LogP contribution < -0.4 is 34.7 Å². The molecule has 6 nitrogen and oxygen atoms in total. The molecule has 37 heavy (non-hydrogen) atoms. The van der Waals surface area contributed by atoms with Gasteiger partial charge in [-0.3, -0.25) is 0 Å². The van der Waals surface area contributed by atoms with Gasteiger partial charge in [0.1, 0.15) is 0 Å². The zero-order valence-corrected chi connectivity index (χ0v) is 24.2. The minimum Gasteiger partial charge on any atom is -0.550 e. The number of aryl methyl sites for hydroxylation is 2. The van der Waals surface area contributed by atoms with Crippen molar-refractivity contribution in [2.75, 3.05) is 0 Å². The van der Waals surface area contributed by atoms with E-state index >= 15 is 0 Å². The average Bonchev–Trinajstić information content (AvgIpc) is 3.45. The van der Waals surface area contributed by atoms with E-state index in [1.54, 1.807) is 26.0 Å². The third-order valence-electron chi connectivity index (χ3n) is 6.45. The number of halogens is 1. The maximum atomic E-state index is 11.5. The molecular weight excluding hydrogens is 497 g/mol. The van der Waals surface area contributed by atoms with Crippen LogP contribution in [-0.2, 0) is 11.2 Å². The summed E-state index contributed by atoms with van der Waals surface area (Å²) in [6.45, 7) is 7.48. The Morgan fingerprint density at radius 3 is 2.16 bits per heavy atom. The molecule has 0 aliphatic rings. The molecule has 182 valence electrons. The van der Waals surface area contributed by atoms with E-state index in [-0.39, 0.29) is 29.6 Å². The number of carbonyl (C=O) groups excluding carboxylic acids is 1. The van der Waals surface area contributed by atoms with Crippen molar-refractivity contribution in [3.05, 3.63) is 82.4 Å². The second-order valence-corrected chi connectivity index (χ2v) is 10.3. The van der Waals surface area contributed by atoms with Crippen LogP contribution in [0.4, 0.5) is 0 Å². The predicted octanol–water partition coefficient (Wildman–Crippen LogP) is 3.14. The van der Waals surface area contributed by atoms with Gasteiger partial charge in [-0.15, -0.1) is 10.2 Å². The standard InChI is InChI=1S/C29H26ClN3O3.Na/c1-16-11-18(15-29(3,4)28(34)35)12-17(2)25(16)24-13-20-5-6-21(14-23(20)31-24)27-33-32-26(36-27)19-7-9-22(30)10-8-19;/h5-14,31H,15H2,1-4H3,(H,34,35);/q;+1/p-1. The number of carboxylic acids is 1. The van der Waals surface area contributed by atoms with Gasteiger partial charge in [-0.1, -0.05) is 43.6 Å². The number of benzene rings is 3. The normalized spacial score (nSPS) is 11.5. The molecule has 2 heterocycles. The van der Waals surface area contributed by atoms with Gasteiger partial charge in [0.05, 0.1) is 0 Å². The van der Waals surface area contributed by atoms with Gasteiger partial charge < -0.3 is 19.3 Å². The summed E-state index contributed by atoms with van der Waals surface area (Å²) in [4.78, 5) is 15.0. The first-order chi connectivity index (χ1) is 17.1. The van der Waals surface area contributed by atoms with Crippen LogP contribution in [0.3, 0.4) is 0 Å². The summed E-state index contributed by atoms with van der Waals surface area (Å²) in [6.07, 6.45) is 0.412. The third kappa shape index (κ3) is 5.53. The van der Waals surface area contributed by atoms with Crippen LogP contribution in [-0.4, -0.2) is 21.2 Å². The largest absolute Gasteiger partial charge is 1.00 e. The van der Waals surface area contributed by atoms with E-state index in [9.17, 15) is 9.90 Å². The van der Waals surface area contributed by atoms with Crippen molar-refractivity contribution in [1.29, 1.82) is 0 Å². The molecule has 2 aromatic heterocycles. The fraction of sp³-hybridized carbons (Fsp3) is 0.207. The number of carboxylic acid groups (broad SMARTS) is 1. The summed E-state index contributed by atoms with van der Waals surface area (Å²) in [5.74, 6) is -0.178. The molecule has 0 unspecified atom stereocenters. The third-order valence-corrected chi connectivity index (χ3v) is 6.70. The maximum Gasteiger partial charge on any atom is 1.00 e. The molecule has 1 N–H and O–H groups in total. The van der Waals surface area contributed by atoms with Gasteiger partial charge in [-0.25, -0.2) is 0 Å². The van der Waals surface area contributed by atoms with Gasteiger partial charge in [0.15, 0.2) is 0 Å². The Hall–Kier alpha value is -2.90. The van der Waals surface area contributed by atoms with Gasteiger partial charge in [-0.05, 0) is 79.4 Å². The van der Waals surface area contributed by atoms with Gasteiger partial charge in [0.2, 0.25) is 11.8 Å². The number of rotatable bonds is 6. The summed E-state index contributed by atoms with van der Waals surface area (Å²) in [7, 11) is 0. The number of aromatic nitrogens is 3. The van der Waals surface area contributed by atoms with Crippen LogP contribution in [0.25, 0.3) is 45.1 Å². The number of hydrogen-bond acceptors (Lipinski definition) is 5. The van der Waals surface area contributed by atoms with Crippen LogP contribution in [0.5, 0.6) is 0 Å². The molecule has 3 aromatic carbocycles. The zero-order valence-electron chi connectivity index (χ0n) is 21.5. The van der Waals surface area contributed by atoms with E-state index < -0.39 is 11.4 Å². The molecule has 0 saturated heterocycles. The fourth-order valence-corrected chi connectivity index (χ4v) is 4.73. The summed E-state index contributed by atoms with van der Waals surface area (Å²) >= 11 is 5.97. The number of nitrogens with one attached hydrogen (secondary N) is 1. The van der Waals surface area contributed by atoms with Crippen molar-refractivity contribution in [3.63, 3.8) is 0 Å². The van der Waals surface area contributed by atoms with Crippen LogP contribution in [0.1, 0.15) is 30.5 Å². The van der Waals surface area contributed by atoms with Crippen molar-refractivity contribution in [2.24, 2.45) is 5.41 Å². The van der Waals surface area contributed by atoms with Crippen LogP contribution in [0.2, 0.25) is 5.02 Å². The summed E-state index contributed by atoms with van der Waals surface area (Å²) in [6, 6.07) is 19.5. The fourth-order valence-electron chi connectivity index (χ4n) is 4.61. The molecule has 5 aromatic rings. The number of aliphatic carboxylic acids is 1. The number of aromatic amines is 1. The molecule has 0 atom stereocenters. The van der Waals surface area contributed by atoms with Crippen LogP contribution >= 0.6 is 11.6 Å². The van der Waals surface area contributed by atoms with E-state index in [0.717, 1.165) is 50.0 Å². The Morgan fingerprint density at radius 1 is 0.946 bits per heavy atom. The van der Waals surface area contributed by atoms with Crippen molar-refractivity contribution in [3.8, 4) is 34.2 Å². The van der Waals surface area contributed by atoms with Crippen LogP contribution in [0.15, 0.2) is 65.1 Å². The van der Waals surface area contributed by atoms with E-state index in [4.69, 9.17) is 16.0 Å². The Bertz CT molecular complexity index is 1580. The number of fused-ring (bicyclic) bond motifs is 1. The molecule has 0 fully saturated rings. The number of nitrogens with zero attached hydrogens (tertiary/aromatic N) is 2.